The van der Waals surface area contributed by atoms with E-state index in [4.69, 9.17) is 0 Å². The normalized spacial score (nSPS) is 13.4. The highest BCUT2D eigenvalue weighted by molar-refractivity contribution is 6.20. The summed E-state index contributed by atoms with van der Waals surface area (Å²) in [7, 11) is 0. The van der Waals surface area contributed by atoms with Crippen molar-refractivity contribution in [2.75, 3.05) is 0 Å². The zero-order chi connectivity index (χ0) is 23.4. The molecule has 1 aliphatic rings. The Bertz CT molecular complexity index is 1330. The fourth-order valence-corrected chi connectivity index (χ4v) is 3.38. The van der Waals surface area contributed by atoms with Crippen LogP contribution in [-0.2, 0) is 11.3 Å². The number of hydrogen-bond donors (Lipinski definition) is 2. The van der Waals surface area contributed by atoms with Crippen molar-refractivity contribution in [2.45, 2.75) is 13.5 Å². The van der Waals surface area contributed by atoms with Crippen molar-refractivity contribution in [1.82, 2.24) is 10.6 Å². The molecule has 0 unspecified atom stereocenters. The first-order valence-electron chi connectivity index (χ1n) is 10.2. The number of carbonyl (C=O) groups excluding carboxylic acids is 2. The first-order valence-corrected chi connectivity index (χ1v) is 10.2. The summed E-state index contributed by atoms with van der Waals surface area (Å²) in [5, 5.41) is 15.2. The van der Waals surface area contributed by atoms with Crippen molar-refractivity contribution in [3.8, 4) is 6.07 Å². The van der Waals surface area contributed by atoms with Gasteiger partial charge in [-0.05, 0) is 36.8 Å². The maximum atomic E-state index is 13.2. The van der Waals surface area contributed by atoms with Crippen LogP contribution in [0.25, 0.3) is 5.70 Å². The molecule has 0 saturated carbocycles. The zero-order valence-corrected chi connectivity index (χ0v) is 17.7. The van der Waals surface area contributed by atoms with Crippen LogP contribution in [0.2, 0.25) is 0 Å². The van der Waals surface area contributed by atoms with Gasteiger partial charge in [0.05, 0.1) is 5.70 Å². The Morgan fingerprint density at radius 1 is 0.970 bits per heavy atom. The molecular weight excluding hydrogens is 419 g/mol. The molecule has 0 bridgehead atoms. The lowest BCUT2D eigenvalue weighted by molar-refractivity contribution is -0.117. The third-order valence-electron chi connectivity index (χ3n) is 5.15. The minimum Gasteiger partial charge on any atom is -0.347 e. The smallest absolute Gasteiger partial charge is 0.264 e. The lowest BCUT2D eigenvalue weighted by Gasteiger charge is -2.07. The zero-order valence-electron chi connectivity index (χ0n) is 17.7. The lowest BCUT2D eigenvalue weighted by Crippen LogP contribution is -2.30. The van der Waals surface area contributed by atoms with Crippen molar-refractivity contribution in [2.24, 2.45) is 4.99 Å². The largest absolute Gasteiger partial charge is 0.347 e. The molecular formula is C26H19FN4O2. The molecule has 0 atom stereocenters. The highest BCUT2D eigenvalue weighted by Gasteiger charge is 2.27. The van der Waals surface area contributed by atoms with Gasteiger partial charge in [-0.15, -0.1) is 0 Å². The molecule has 0 fully saturated rings. The molecule has 1 heterocycles. The molecule has 3 aromatic rings. The predicted octanol–water partition coefficient (Wildman–Crippen LogP) is 3.88. The van der Waals surface area contributed by atoms with E-state index < -0.39 is 17.6 Å². The van der Waals surface area contributed by atoms with E-state index in [0.717, 1.165) is 11.1 Å². The summed E-state index contributed by atoms with van der Waals surface area (Å²) in [5.41, 5.74) is 3.45. The average Bonchev–Trinajstić information content (AvgIpc) is 3.18. The second-order valence-corrected chi connectivity index (χ2v) is 7.47. The highest BCUT2D eigenvalue weighted by atomic mass is 19.1. The monoisotopic (exact) mass is 438 g/mol. The Balaban J connectivity index is 1.61. The average molecular weight is 438 g/mol. The number of fused-ring (bicyclic) bond motifs is 1. The van der Waals surface area contributed by atoms with Gasteiger partial charge in [0.2, 0.25) is 0 Å². The van der Waals surface area contributed by atoms with Crippen LogP contribution >= 0.6 is 0 Å². The molecule has 7 heteroatoms. The molecule has 2 N–H and O–H groups in total. The van der Waals surface area contributed by atoms with Gasteiger partial charge in [-0.1, -0.05) is 54.1 Å². The summed E-state index contributed by atoms with van der Waals surface area (Å²) >= 11 is 0. The minimum absolute atomic E-state index is 0.152. The molecule has 162 valence electrons. The van der Waals surface area contributed by atoms with E-state index in [2.05, 4.69) is 15.6 Å². The molecule has 0 radical (unpaired) electrons. The molecule has 33 heavy (non-hydrogen) atoms. The first kappa shape index (κ1) is 21.7. The number of nitrogens with one attached hydrogen (secondary N) is 2. The van der Waals surface area contributed by atoms with Crippen LogP contribution in [0.15, 0.2) is 83.4 Å². The summed E-state index contributed by atoms with van der Waals surface area (Å²) in [4.78, 5) is 29.8. The Morgan fingerprint density at radius 3 is 2.30 bits per heavy atom. The van der Waals surface area contributed by atoms with Gasteiger partial charge in [-0.3, -0.25) is 9.59 Å². The van der Waals surface area contributed by atoms with Crippen molar-refractivity contribution < 1.29 is 14.0 Å². The van der Waals surface area contributed by atoms with Crippen molar-refractivity contribution in [3.63, 3.8) is 0 Å². The third-order valence-corrected chi connectivity index (χ3v) is 5.15. The maximum Gasteiger partial charge on any atom is 0.264 e. The lowest BCUT2D eigenvalue weighted by atomic mass is 10.0. The Hall–Kier alpha value is -4.57. The van der Waals surface area contributed by atoms with Crippen LogP contribution in [0.3, 0.4) is 0 Å². The number of aryl methyl sites for hydroxylation is 1. The quantitative estimate of drug-likeness (QED) is 0.478. The van der Waals surface area contributed by atoms with E-state index in [9.17, 15) is 19.2 Å². The molecule has 2 amide bonds. The molecule has 6 nitrogen and oxygen atoms in total. The number of nitrogens with zero attached hydrogens (tertiary/aromatic N) is 2. The van der Waals surface area contributed by atoms with Crippen molar-refractivity contribution in [1.29, 1.82) is 5.26 Å². The molecule has 0 spiro atoms. The number of amidine groups is 1. The van der Waals surface area contributed by atoms with Crippen LogP contribution in [-0.4, -0.2) is 17.6 Å². The number of rotatable bonds is 4. The first-order chi connectivity index (χ1) is 16.0. The number of amides is 2. The summed E-state index contributed by atoms with van der Waals surface area (Å²) < 4.78 is 13.2. The van der Waals surface area contributed by atoms with Gasteiger partial charge >= 0.3 is 0 Å². The van der Waals surface area contributed by atoms with Gasteiger partial charge < -0.3 is 10.6 Å². The van der Waals surface area contributed by atoms with E-state index >= 15 is 0 Å². The van der Waals surface area contributed by atoms with Gasteiger partial charge in [-0.25, -0.2) is 9.38 Å². The topological polar surface area (TPSA) is 94.3 Å². The van der Waals surface area contributed by atoms with Gasteiger partial charge in [0.25, 0.3) is 11.8 Å². The number of hydrogen-bond acceptors (Lipinski definition) is 4. The number of aliphatic imine (C=N–C) groups is 1. The molecule has 1 aliphatic heterocycles. The van der Waals surface area contributed by atoms with E-state index in [0.29, 0.717) is 11.1 Å². The van der Waals surface area contributed by atoms with Crippen molar-refractivity contribution in [3.05, 3.63) is 112 Å². The highest BCUT2D eigenvalue weighted by Crippen LogP contribution is 2.30. The summed E-state index contributed by atoms with van der Waals surface area (Å²) in [6, 6.07) is 21.8. The molecule has 3 aromatic carbocycles. The molecule has 0 aromatic heterocycles. The number of nitriles is 1. The SMILES string of the molecule is Cc1ccc(CNC(=O)C(C#N)=C2N=C(NC(=O)c3ccc(F)cc3)c3ccccc32)cc1. The maximum absolute atomic E-state index is 13.2. The fraction of sp³-hybridized carbons (Fsp3) is 0.0769. The summed E-state index contributed by atoms with van der Waals surface area (Å²) in [6.45, 7) is 2.24. The summed E-state index contributed by atoms with van der Waals surface area (Å²) in [5.74, 6) is -1.27. The van der Waals surface area contributed by atoms with Gasteiger partial charge in [0.1, 0.15) is 23.3 Å². The van der Waals surface area contributed by atoms with Crippen LogP contribution in [0.1, 0.15) is 32.6 Å². The van der Waals surface area contributed by atoms with Gasteiger partial charge in [-0.2, -0.15) is 5.26 Å². The molecule has 0 saturated heterocycles. The van der Waals surface area contributed by atoms with E-state index in [-0.39, 0.29) is 29.2 Å². The second-order valence-electron chi connectivity index (χ2n) is 7.47. The van der Waals surface area contributed by atoms with Crippen molar-refractivity contribution >= 4 is 23.3 Å². The van der Waals surface area contributed by atoms with Gasteiger partial charge in [0.15, 0.2) is 0 Å². The van der Waals surface area contributed by atoms with E-state index in [1.807, 2.05) is 37.3 Å². The van der Waals surface area contributed by atoms with Crippen LogP contribution < -0.4 is 10.6 Å². The second kappa shape index (κ2) is 9.28. The number of benzene rings is 3. The standard InChI is InChI=1S/C26H19FN4O2/c1-16-6-8-17(9-7-16)15-29-26(33)22(14-28)23-20-4-2-3-5-21(20)24(30-23)31-25(32)18-10-12-19(27)13-11-18/h2-13H,15H2,1H3,(H,29,33)(H,30,31,32). The van der Waals surface area contributed by atoms with E-state index in [1.165, 1.54) is 24.3 Å². The minimum atomic E-state index is -0.558. The fourth-order valence-electron chi connectivity index (χ4n) is 3.38. The third kappa shape index (κ3) is 4.70. The van der Waals surface area contributed by atoms with Crippen LogP contribution in [0.4, 0.5) is 4.39 Å². The molecule has 0 aliphatic carbocycles. The predicted molar refractivity (Wildman–Crippen MR) is 122 cm³/mol. The Kier molecular flexibility index (Phi) is 6.09. The molecule has 4 rings (SSSR count). The number of carbonyl (C=O) groups is 2. The van der Waals surface area contributed by atoms with Gasteiger partial charge in [0, 0.05) is 23.2 Å². The van der Waals surface area contributed by atoms with Crippen LogP contribution in [0, 0.1) is 24.1 Å². The van der Waals surface area contributed by atoms with E-state index in [1.54, 1.807) is 24.3 Å². The Morgan fingerprint density at radius 2 is 1.64 bits per heavy atom. The summed E-state index contributed by atoms with van der Waals surface area (Å²) in [6.07, 6.45) is 0. The van der Waals surface area contributed by atoms with Crippen LogP contribution in [0.5, 0.6) is 0 Å². The Labute approximate surface area is 190 Å². The number of halogens is 1.